The number of benzene rings is 3. The summed E-state index contributed by atoms with van der Waals surface area (Å²) in [6.07, 6.45) is 4.15. The Labute approximate surface area is 128 Å². The molecular weight excluding hydrogens is 272 g/mol. The summed E-state index contributed by atoms with van der Waals surface area (Å²) in [5, 5.41) is 4.24. The van der Waals surface area contributed by atoms with E-state index in [1.807, 2.05) is 24.4 Å². The number of fused-ring (bicyclic) bond motifs is 2. The number of amides is 1. The van der Waals surface area contributed by atoms with Crippen LogP contribution in [0.3, 0.4) is 0 Å². The van der Waals surface area contributed by atoms with E-state index < -0.39 is 0 Å². The van der Waals surface area contributed by atoms with Crippen molar-refractivity contribution < 1.29 is 4.79 Å². The molecule has 0 fully saturated rings. The molecule has 1 unspecified atom stereocenters. The second-order valence-corrected chi connectivity index (χ2v) is 5.77. The van der Waals surface area contributed by atoms with E-state index in [0.29, 0.717) is 5.56 Å². The van der Waals surface area contributed by atoms with Crippen molar-refractivity contribution in [3.63, 3.8) is 0 Å². The van der Waals surface area contributed by atoms with Crippen LogP contribution in [0.1, 0.15) is 34.8 Å². The number of nitrogens with two attached hydrogens (primary N) is 1. The highest BCUT2D eigenvalue weighted by atomic mass is 16.1. The molecular formula is C19H16N2O. The van der Waals surface area contributed by atoms with Gasteiger partial charge in [0, 0.05) is 5.56 Å². The predicted molar refractivity (Wildman–Crippen MR) is 90.4 cm³/mol. The normalized spacial score (nSPS) is 17.4. The highest BCUT2D eigenvalue weighted by molar-refractivity contribution is 6.10. The van der Waals surface area contributed by atoms with E-state index in [9.17, 15) is 4.79 Å². The molecule has 0 saturated heterocycles. The monoisotopic (exact) mass is 288 g/mol. The summed E-state index contributed by atoms with van der Waals surface area (Å²) in [5.74, 6) is -0.387. The first-order valence-corrected chi connectivity index (χ1v) is 7.50. The van der Waals surface area contributed by atoms with E-state index >= 15 is 0 Å². The fourth-order valence-corrected chi connectivity index (χ4v) is 3.23. The molecule has 0 bridgehead atoms. The summed E-state index contributed by atoms with van der Waals surface area (Å²) in [6.45, 7) is 0. The van der Waals surface area contributed by atoms with Gasteiger partial charge in [0.2, 0.25) is 5.91 Å². The molecule has 22 heavy (non-hydrogen) atoms. The number of carbonyl (C=O) groups is 1. The number of hydrogen-bond acceptors (Lipinski definition) is 2. The molecule has 0 aliphatic carbocycles. The molecule has 108 valence electrons. The maximum Gasteiger partial charge on any atom is 0.249 e. The standard InChI is InChI=1S/C19H16N2O/c20-19(22)16-4-1-3-13-9-15-10-14(18-5-2-8-21-18)7-6-12(15)11-17(13)16/h1,3-4,6-11,18H,2,5H2,(H2,20,22). The number of hydrogen-bond donors (Lipinski definition) is 1. The van der Waals surface area contributed by atoms with Gasteiger partial charge in [0.25, 0.3) is 0 Å². The van der Waals surface area contributed by atoms with E-state index in [1.165, 1.54) is 10.9 Å². The molecule has 1 amide bonds. The number of carbonyl (C=O) groups excluding carboxylic acids is 1. The highest BCUT2D eigenvalue weighted by Crippen LogP contribution is 2.31. The molecule has 1 atom stereocenters. The molecule has 0 spiro atoms. The Morgan fingerprint density at radius 2 is 1.95 bits per heavy atom. The molecule has 2 N–H and O–H groups in total. The first kappa shape index (κ1) is 13.0. The van der Waals surface area contributed by atoms with Crippen LogP contribution in [0, 0.1) is 0 Å². The predicted octanol–water partition coefficient (Wildman–Crippen LogP) is 4.00. The fourth-order valence-electron chi connectivity index (χ4n) is 3.23. The third-order valence-electron chi connectivity index (χ3n) is 4.37. The van der Waals surface area contributed by atoms with Crippen LogP contribution in [0.4, 0.5) is 0 Å². The van der Waals surface area contributed by atoms with Crippen LogP contribution < -0.4 is 5.73 Å². The third kappa shape index (κ3) is 2.06. The first-order valence-electron chi connectivity index (χ1n) is 7.50. The highest BCUT2D eigenvalue weighted by Gasteiger charge is 2.14. The number of aliphatic imine (C=N–C) groups is 1. The molecule has 3 nitrogen and oxygen atoms in total. The lowest BCUT2D eigenvalue weighted by Crippen LogP contribution is -2.11. The van der Waals surface area contributed by atoms with Gasteiger partial charge in [0.1, 0.15) is 0 Å². The van der Waals surface area contributed by atoms with Crippen molar-refractivity contribution in [1.29, 1.82) is 0 Å². The van der Waals surface area contributed by atoms with Crippen molar-refractivity contribution >= 4 is 33.7 Å². The average Bonchev–Trinajstić information content (AvgIpc) is 3.06. The Hall–Kier alpha value is -2.68. The Kier molecular flexibility index (Phi) is 2.93. The van der Waals surface area contributed by atoms with Gasteiger partial charge in [-0.2, -0.15) is 0 Å². The first-order chi connectivity index (χ1) is 10.7. The molecule has 0 saturated carbocycles. The Bertz CT molecular complexity index is 927. The molecule has 4 rings (SSSR count). The summed E-state index contributed by atoms with van der Waals surface area (Å²) in [4.78, 5) is 16.1. The van der Waals surface area contributed by atoms with Crippen LogP contribution in [-0.2, 0) is 0 Å². The van der Waals surface area contributed by atoms with Gasteiger partial charge in [0.15, 0.2) is 0 Å². The van der Waals surface area contributed by atoms with Gasteiger partial charge < -0.3 is 5.73 Å². The molecule has 1 heterocycles. The van der Waals surface area contributed by atoms with Gasteiger partial charge in [-0.15, -0.1) is 0 Å². The maximum absolute atomic E-state index is 11.6. The largest absolute Gasteiger partial charge is 0.366 e. The molecule has 3 heteroatoms. The Balaban J connectivity index is 1.93. The summed E-state index contributed by atoms with van der Waals surface area (Å²) in [5.41, 5.74) is 7.31. The smallest absolute Gasteiger partial charge is 0.249 e. The lowest BCUT2D eigenvalue weighted by molar-refractivity contribution is 0.100. The summed E-state index contributed by atoms with van der Waals surface area (Å²) in [7, 11) is 0. The number of primary amides is 1. The molecule has 1 aliphatic rings. The molecule has 3 aromatic carbocycles. The van der Waals surface area contributed by atoms with Gasteiger partial charge in [-0.1, -0.05) is 24.3 Å². The van der Waals surface area contributed by atoms with Crippen molar-refractivity contribution in [3.05, 3.63) is 59.7 Å². The van der Waals surface area contributed by atoms with Crippen LogP contribution in [0.5, 0.6) is 0 Å². The number of nitrogens with zero attached hydrogens (tertiary/aromatic N) is 1. The van der Waals surface area contributed by atoms with E-state index in [4.69, 9.17) is 5.73 Å². The van der Waals surface area contributed by atoms with Crippen LogP contribution in [-0.4, -0.2) is 12.1 Å². The molecule has 3 aromatic rings. The fraction of sp³-hybridized carbons (Fsp3) is 0.158. The second kappa shape index (κ2) is 4.95. The zero-order valence-corrected chi connectivity index (χ0v) is 12.1. The van der Waals surface area contributed by atoms with Crippen molar-refractivity contribution in [2.45, 2.75) is 18.9 Å². The van der Waals surface area contributed by atoms with Gasteiger partial charge in [0.05, 0.1) is 6.04 Å². The Morgan fingerprint density at radius 1 is 1.05 bits per heavy atom. The summed E-state index contributed by atoms with van der Waals surface area (Å²) < 4.78 is 0. The summed E-state index contributed by atoms with van der Waals surface area (Å²) >= 11 is 0. The van der Waals surface area contributed by atoms with Gasteiger partial charge in [-0.25, -0.2) is 0 Å². The van der Waals surface area contributed by atoms with E-state index in [-0.39, 0.29) is 11.9 Å². The van der Waals surface area contributed by atoms with Gasteiger partial charge >= 0.3 is 0 Å². The topological polar surface area (TPSA) is 55.5 Å². The van der Waals surface area contributed by atoms with Crippen LogP contribution in [0.25, 0.3) is 21.5 Å². The maximum atomic E-state index is 11.6. The van der Waals surface area contributed by atoms with Crippen LogP contribution in [0.2, 0.25) is 0 Å². The zero-order chi connectivity index (χ0) is 15.1. The third-order valence-corrected chi connectivity index (χ3v) is 4.37. The SMILES string of the molecule is NC(=O)c1cccc2cc3cc(C4CCC=N4)ccc3cc12. The van der Waals surface area contributed by atoms with Crippen molar-refractivity contribution in [2.24, 2.45) is 10.7 Å². The van der Waals surface area contributed by atoms with Crippen molar-refractivity contribution in [1.82, 2.24) is 0 Å². The summed E-state index contributed by atoms with van der Waals surface area (Å²) in [6, 6.07) is 16.6. The minimum absolute atomic E-state index is 0.289. The number of rotatable bonds is 2. The Morgan fingerprint density at radius 3 is 2.73 bits per heavy atom. The van der Waals surface area contributed by atoms with Gasteiger partial charge in [-0.05, 0) is 70.4 Å². The molecule has 0 radical (unpaired) electrons. The van der Waals surface area contributed by atoms with Crippen molar-refractivity contribution in [2.75, 3.05) is 0 Å². The van der Waals surface area contributed by atoms with Crippen LogP contribution in [0.15, 0.2) is 53.5 Å². The molecule has 0 aromatic heterocycles. The lowest BCUT2D eigenvalue weighted by atomic mass is 9.96. The lowest BCUT2D eigenvalue weighted by Gasteiger charge is -2.10. The van der Waals surface area contributed by atoms with E-state index in [1.54, 1.807) is 6.07 Å². The van der Waals surface area contributed by atoms with Crippen molar-refractivity contribution in [3.8, 4) is 0 Å². The van der Waals surface area contributed by atoms with E-state index in [2.05, 4.69) is 29.3 Å². The molecule has 1 aliphatic heterocycles. The van der Waals surface area contributed by atoms with Crippen LogP contribution >= 0.6 is 0 Å². The minimum Gasteiger partial charge on any atom is -0.366 e. The van der Waals surface area contributed by atoms with Gasteiger partial charge in [-0.3, -0.25) is 9.79 Å². The second-order valence-electron chi connectivity index (χ2n) is 5.77. The average molecular weight is 288 g/mol. The van der Waals surface area contributed by atoms with E-state index in [0.717, 1.165) is 29.0 Å². The zero-order valence-electron chi connectivity index (χ0n) is 12.1. The quantitative estimate of drug-likeness (QED) is 0.712. The minimum atomic E-state index is -0.387.